The Morgan fingerprint density at radius 3 is 3.00 bits per heavy atom. The van der Waals surface area contributed by atoms with E-state index in [1.54, 1.807) is 6.08 Å². The summed E-state index contributed by atoms with van der Waals surface area (Å²) in [6.07, 6.45) is 2.86. The first-order chi connectivity index (χ1) is 4.84. The zero-order chi connectivity index (χ0) is 7.40. The van der Waals surface area contributed by atoms with Gasteiger partial charge >= 0.3 is 0 Å². The first-order valence-corrected chi connectivity index (χ1v) is 3.85. The largest absolute Gasteiger partial charge is 0.390 e. The maximum absolute atomic E-state index is 9.27. The van der Waals surface area contributed by atoms with Crippen molar-refractivity contribution >= 4 is 11.6 Å². The van der Waals surface area contributed by atoms with E-state index in [1.165, 1.54) is 5.54 Å². The third-order valence-corrected chi connectivity index (χ3v) is 1.74. The summed E-state index contributed by atoms with van der Waals surface area (Å²) in [4.78, 5) is 0. The van der Waals surface area contributed by atoms with Gasteiger partial charge < -0.3 is 9.84 Å². The molecule has 0 amide bonds. The average molecular weight is 163 g/mol. The molecule has 1 aliphatic rings. The number of rotatable bonds is 1. The van der Waals surface area contributed by atoms with Gasteiger partial charge in [0.1, 0.15) is 6.10 Å². The average Bonchev–Trinajstić information content (AvgIpc) is 1.94. The molecule has 0 aromatic heterocycles. The first kappa shape index (κ1) is 8.05. The number of aliphatic hydroxyl groups excluding tert-OH is 1. The van der Waals surface area contributed by atoms with Crippen LogP contribution in [0.5, 0.6) is 0 Å². The number of halogens is 1. The summed E-state index contributed by atoms with van der Waals surface area (Å²) >= 11 is 5.33. The van der Waals surface area contributed by atoms with Gasteiger partial charge in [-0.25, -0.2) is 0 Å². The van der Waals surface area contributed by atoms with Crippen molar-refractivity contribution in [3.05, 3.63) is 11.6 Å². The predicted octanol–water partition coefficient (Wildman–Crippen LogP) is 1.28. The van der Waals surface area contributed by atoms with Gasteiger partial charge in [0.2, 0.25) is 0 Å². The Balaban J connectivity index is 2.39. The normalized spacial score (nSPS) is 35.0. The predicted molar refractivity (Wildman–Crippen MR) is 40.0 cm³/mol. The van der Waals surface area contributed by atoms with Crippen LogP contribution in [0.4, 0.5) is 0 Å². The van der Waals surface area contributed by atoms with Gasteiger partial charge in [-0.2, -0.15) is 0 Å². The van der Waals surface area contributed by atoms with Crippen molar-refractivity contribution in [2.45, 2.75) is 25.0 Å². The second-order valence-electron chi connectivity index (χ2n) is 2.36. The molecule has 58 valence electrons. The van der Waals surface area contributed by atoms with Crippen molar-refractivity contribution in [2.24, 2.45) is 0 Å². The van der Waals surface area contributed by atoms with Gasteiger partial charge in [-0.15, -0.1) is 0 Å². The van der Waals surface area contributed by atoms with Gasteiger partial charge in [0, 0.05) is 12.1 Å². The van der Waals surface area contributed by atoms with E-state index in [9.17, 15) is 5.11 Å². The first-order valence-electron chi connectivity index (χ1n) is 3.41. The lowest BCUT2D eigenvalue weighted by atomic mass is 10.1. The van der Waals surface area contributed by atoms with Crippen LogP contribution in [-0.4, -0.2) is 23.9 Å². The molecule has 1 aliphatic heterocycles. The summed E-state index contributed by atoms with van der Waals surface area (Å²) in [7, 11) is 0. The Morgan fingerprint density at radius 1 is 1.60 bits per heavy atom. The lowest BCUT2D eigenvalue weighted by Gasteiger charge is -2.24. The van der Waals surface area contributed by atoms with Crippen molar-refractivity contribution in [3.63, 3.8) is 0 Å². The summed E-state index contributed by atoms with van der Waals surface area (Å²) in [6, 6.07) is 0. The highest BCUT2D eigenvalue weighted by atomic mass is 35.5. The fourth-order valence-electron chi connectivity index (χ4n) is 1.04. The van der Waals surface area contributed by atoms with E-state index in [2.05, 4.69) is 0 Å². The molecule has 1 heterocycles. The Morgan fingerprint density at radius 2 is 2.40 bits per heavy atom. The Hall–Kier alpha value is -0.0500. The Labute approximate surface area is 65.4 Å². The fraction of sp³-hybridized carbons (Fsp3) is 0.714. The van der Waals surface area contributed by atoms with E-state index in [-0.39, 0.29) is 12.2 Å². The van der Waals surface area contributed by atoms with E-state index in [4.69, 9.17) is 16.3 Å². The molecular weight excluding hydrogens is 152 g/mol. The van der Waals surface area contributed by atoms with Crippen LogP contribution in [0.2, 0.25) is 0 Å². The van der Waals surface area contributed by atoms with Crippen molar-refractivity contribution in [3.8, 4) is 0 Å². The zero-order valence-electron chi connectivity index (χ0n) is 5.66. The van der Waals surface area contributed by atoms with Crippen LogP contribution in [0, 0.1) is 0 Å². The lowest BCUT2D eigenvalue weighted by Crippen LogP contribution is -2.32. The molecule has 1 N–H and O–H groups in total. The van der Waals surface area contributed by atoms with Crippen LogP contribution in [0.15, 0.2) is 11.6 Å². The molecule has 2 atom stereocenters. The molecule has 0 unspecified atom stereocenters. The molecule has 1 fully saturated rings. The van der Waals surface area contributed by atoms with Gasteiger partial charge in [0.15, 0.2) is 0 Å². The van der Waals surface area contributed by atoms with Crippen LogP contribution in [-0.2, 0) is 4.74 Å². The molecule has 0 aliphatic carbocycles. The second kappa shape index (κ2) is 3.96. The van der Waals surface area contributed by atoms with Crippen molar-refractivity contribution in [1.29, 1.82) is 0 Å². The van der Waals surface area contributed by atoms with Crippen molar-refractivity contribution in [1.82, 2.24) is 0 Å². The van der Waals surface area contributed by atoms with Crippen LogP contribution >= 0.6 is 11.6 Å². The number of hydrogen-bond acceptors (Lipinski definition) is 2. The summed E-state index contributed by atoms with van der Waals surface area (Å²) in [6.45, 7) is 0.725. The van der Waals surface area contributed by atoms with E-state index in [1.807, 2.05) is 0 Å². The molecule has 0 aromatic carbocycles. The highest BCUT2D eigenvalue weighted by Crippen LogP contribution is 2.14. The minimum atomic E-state index is -0.372. The molecule has 0 aromatic rings. The minimum Gasteiger partial charge on any atom is -0.390 e. The van der Waals surface area contributed by atoms with Gasteiger partial charge in [0.05, 0.1) is 6.10 Å². The number of aliphatic hydroxyl groups is 1. The van der Waals surface area contributed by atoms with E-state index < -0.39 is 0 Å². The quantitative estimate of drug-likeness (QED) is 0.630. The van der Waals surface area contributed by atoms with E-state index in [0.29, 0.717) is 0 Å². The van der Waals surface area contributed by atoms with Crippen LogP contribution in [0.3, 0.4) is 0 Å². The molecule has 10 heavy (non-hydrogen) atoms. The molecule has 0 saturated carbocycles. The molecule has 0 bridgehead atoms. The van der Waals surface area contributed by atoms with Gasteiger partial charge in [-0.3, -0.25) is 0 Å². The number of hydrogen-bond donors (Lipinski definition) is 1. The van der Waals surface area contributed by atoms with Crippen LogP contribution in [0.25, 0.3) is 0 Å². The lowest BCUT2D eigenvalue weighted by molar-refractivity contribution is -0.0482. The van der Waals surface area contributed by atoms with Crippen LogP contribution < -0.4 is 0 Å². The third-order valence-electron chi connectivity index (χ3n) is 1.60. The molecule has 2 nitrogen and oxygen atoms in total. The third kappa shape index (κ3) is 1.97. The molecule has 3 heteroatoms. The van der Waals surface area contributed by atoms with Crippen molar-refractivity contribution in [2.75, 3.05) is 6.61 Å². The SMILES string of the molecule is O[C@H]1CCCO[C@H]1/C=C\Cl. The summed E-state index contributed by atoms with van der Waals surface area (Å²) in [5.74, 6) is 0. The van der Waals surface area contributed by atoms with Crippen LogP contribution in [0.1, 0.15) is 12.8 Å². The summed E-state index contributed by atoms with van der Waals surface area (Å²) in [5.41, 5.74) is 1.39. The van der Waals surface area contributed by atoms with E-state index >= 15 is 0 Å². The number of ether oxygens (including phenoxy) is 1. The summed E-state index contributed by atoms with van der Waals surface area (Å²) in [5, 5.41) is 9.27. The highest BCUT2D eigenvalue weighted by molar-refractivity contribution is 6.25. The minimum absolute atomic E-state index is 0.189. The molecule has 0 radical (unpaired) electrons. The molecule has 1 saturated heterocycles. The zero-order valence-corrected chi connectivity index (χ0v) is 6.42. The van der Waals surface area contributed by atoms with Gasteiger partial charge in [0.25, 0.3) is 0 Å². The Kier molecular flexibility index (Phi) is 3.19. The molecular formula is C7H11ClO2. The smallest absolute Gasteiger partial charge is 0.103 e. The second-order valence-corrected chi connectivity index (χ2v) is 2.62. The van der Waals surface area contributed by atoms with Gasteiger partial charge in [-0.1, -0.05) is 11.6 Å². The fourth-order valence-corrected chi connectivity index (χ4v) is 1.19. The van der Waals surface area contributed by atoms with E-state index in [0.717, 1.165) is 19.4 Å². The van der Waals surface area contributed by atoms with Crippen molar-refractivity contribution < 1.29 is 9.84 Å². The molecule has 0 spiro atoms. The Bertz CT molecular complexity index is 125. The van der Waals surface area contributed by atoms with Gasteiger partial charge in [-0.05, 0) is 18.9 Å². The monoisotopic (exact) mass is 162 g/mol. The standard InChI is InChI=1S/C7H11ClO2/c8-4-3-7-6(9)2-1-5-10-7/h3-4,6-7,9H,1-2,5H2/b4-3-/t6-,7-/m0/s1. The summed E-state index contributed by atoms with van der Waals surface area (Å²) < 4.78 is 5.21. The maximum Gasteiger partial charge on any atom is 0.103 e. The topological polar surface area (TPSA) is 29.5 Å². The highest BCUT2D eigenvalue weighted by Gasteiger charge is 2.20. The molecule has 1 rings (SSSR count). The maximum atomic E-state index is 9.27.